The van der Waals surface area contributed by atoms with E-state index in [2.05, 4.69) is 0 Å². The number of amides is 1. The number of alkyl halides is 6. The number of methoxy groups -OCH3 is 3. The van der Waals surface area contributed by atoms with Gasteiger partial charge < -0.3 is 24.1 Å². The van der Waals surface area contributed by atoms with Gasteiger partial charge in [-0.05, 0) is 55.7 Å². The van der Waals surface area contributed by atoms with Gasteiger partial charge in [0.2, 0.25) is 0 Å². The third-order valence-corrected chi connectivity index (χ3v) is 6.68. The van der Waals surface area contributed by atoms with Crippen molar-refractivity contribution in [3.05, 3.63) is 52.6 Å². The van der Waals surface area contributed by atoms with Crippen LogP contribution in [0.1, 0.15) is 48.4 Å². The summed E-state index contributed by atoms with van der Waals surface area (Å²) in [5.41, 5.74) is -7.51. The van der Waals surface area contributed by atoms with Gasteiger partial charge in [-0.1, -0.05) is 0 Å². The molecule has 3 atom stereocenters. The van der Waals surface area contributed by atoms with Crippen molar-refractivity contribution < 1.29 is 60.0 Å². The monoisotopic (exact) mass is 579 g/mol. The highest BCUT2D eigenvalue weighted by atomic mass is 19.4. The first-order valence-electron chi connectivity index (χ1n) is 11.9. The SMILES string of the molecule is CCOC(=O)N1c2cc(OC)c(OC)cc2[C@H]([C@](O)(C(=O)OC)c2cc(C(F)(F)F)cc(C(F)(F)F)c2)C[C@@H]1C. The summed E-state index contributed by atoms with van der Waals surface area (Å²) in [6, 6.07) is 2.18. The van der Waals surface area contributed by atoms with Crippen LogP contribution in [-0.4, -0.2) is 51.1 Å². The number of rotatable bonds is 6. The van der Waals surface area contributed by atoms with Crippen molar-refractivity contribution in [3.8, 4) is 11.5 Å². The van der Waals surface area contributed by atoms with Crippen LogP contribution in [0.2, 0.25) is 0 Å². The molecule has 0 aromatic heterocycles. The lowest BCUT2D eigenvalue weighted by Gasteiger charge is -2.44. The van der Waals surface area contributed by atoms with Gasteiger partial charge in [0, 0.05) is 18.0 Å². The predicted molar refractivity (Wildman–Crippen MR) is 128 cm³/mol. The zero-order chi connectivity index (χ0) is 30.2. The first kappa shape index (κ1) is 30.9. The lowest BCUT2D eigenvalue weighted by molar-refractivity contribution is -0.168. The van der Waals surface area contributed by atoms with E-state index in [-0.39, 0.29) is 54.0 Å². The van der Waals surface area contributed by atoms with Crippen molar-refractivity contribution in [2.45, 2.75) is 50.2 Å². The van der Waals surface area contributed by atoms with Crippen LogP contribution < -0.4 is 14.4 Å². The average molecular weight is 579 g/mol. The number of esters is 1. The highest BCUT2D eigenvalue weighted by Gasteiger charge is 2.53. The van der Waals surface area contributed by atoms with Gasteiger partial charge in [0.1, 0.15) is 0 Å². The summed E-state index contributed by atoms with van der Waals surface area (Å²) >= 11 is 0. The molecule has 3 rings (SSSR count). The molecule has 14 heteroatoms. The summed E-state index contributed by atoms with van der Waals surface area (Å²) in [4.78, 5) is 27.2. The molecule has 2 aromatic carbocycles. The largest absolute Gasteiger partial charge is 0.493 e. The maximum atomic E-state index is 13.7. The minimum absolute atomic E-state index is 0.00927. The Labute approximate surface area is 225 Å². The van der Waals surface area contributed by atoms with E-state index in [1.54, 1.807) is 6.92 Å². The van der Waals surface area contributed by atoms with Gasteiger partial charge in [-0.3, -0.25) is 4.90 Å². The maximum absolute atomic E-state index is 13.7. The number of carbonyl (C=O) groups is 2. The van der Waals surface area contributed by atoms with Gasteiger partial charge in [-0.15, -0.1) is 0 Å². The minimum atomic E-state index is -5.25. The van der Waals surface area contributed by atoms with E-state index in [1.807, 2.05) is 0 Å². The molecule has 0 unspecified atom stereocenters. The second kappa shape index (κ2) is 11.1. The van der Waals surface area contributed by atoms with Gasteiger partial charge in [0.15, 0.2) is 17.1 Å². The molecule has 0 spiro atoms. The van der Waals surface area contributed by atoms with Crippen LogP contribution in [-0.2, 0) is 32.2 Å². The maximum Gasteiger partial charge on any atom is 0.416 e. The summed E-state index contributed by atoms with van der Waals surface area (Å²) < 4.78 is 103. The standard InChI is InChI=1S/C26H27F6NO7/c1-6-40-23(35)33-13(2)7-18(17-11-20(37-3)21(38-4)12-19(17)33)24(36,22(34)39-5)14-8-15(25(27,28)29)10-16(9-14)26(30,31)32/h8-13,18,36H,6-7H2,1-5H3/t13-,18+,24-/m0/s1. The Morgan fingerprint density at radius 1 is 0.900 bits per heavy atom. The lowest BCUT2D eigenvalue weighted by Crippen LogP contribution is -2.50. The number of ether oxygens (including phenoxy) is 4. The highest BCUT2D eigenvalue weighted by molar-refractivity contribution is 5.92. The van der Waals surface area contributed by atoms with Crippen LogP contribution in [0.3, 0.4) is 0 Å². The molecule has 0 fully saturated rings. The Hall–Kier alpha value is -3.68. The lowest BCUT2D eigenvalue weighted by atomic mass is 9.71. The summed E-state index contributed by atoms with van der Waals surface area (Å²) in [6.45, 7) is 3.06. The summed E-state index contributed by atoms with van der Waals surface area (Å²) in [7, 11) is 3.40. The number of nitrogens with zero attached hydrogens (tertiary/aromatic N) is 1. The molecule has 1 N–H and O–H groups in total. The van der Waals surface area contributed by atoms with Crippen molar-refractivity contribution in [2.24, 2.45) is 0 Å². The fourth-order valence-electron chi connectivity index (χ4n) is 4.84. The molecule has 2 aromatic rings. The number of anilines is 1. The van der Waals surface area contributed by atoms with Crippen molar-refractivity contribution in [1.29, 1.82) is 0 Å². The van der Waals surface area contributed by atoms with Crippen LogP contribution in [0.4, 0.5) is 36.8 Å². The molecular weight excluding hydrogens is 552 g/mol. The molecule has 0 saturated carbocycles. The van der Waals surface area contributed by atoms with Crippen LogP contribution >= 0.6 is 0 Å². The van der Waals surface area contributed by atoms with Crippen LogP contribution in [0.15, 0.2) is 30.3 Å². The van der Waals surface area contributed by atoms with Gasteiger partial charge in [-0.2, -0.15) is 26.3 Å². The fourth-order valence-corrected chi connectivity index (χ4v) is 4.84. The Balaban J connectivity index is 2.41. The number of halogens is 6. The first-order valence-corrected chi connectivity index (χ1v) is 11.9. The number of fused-ring (bicyclic) bond motifs is 1. The number of hydrogen-bond donors (Lipinski definition) is 1. The molecule has 1 amide bonds. The van der Waals surface area contributed by atoms with E-state index >= 15 is 0 Å². The van der Waals surface area contributed by atoms with Crippen molar-refractivity contribution in [3.63, 3.8) is 0 Å². The van der Waals surface area contributed by atoms with Gasteiger partial charge in [0.25, 0.3) is 0 Å². The van der Waals surface area contributed by atoms with Crippen LogP contribution in [0.25, 0.3) is 0 Å². The molecule has 0 aliphatic carbocycles. The van der Waals surface area contributed by atoms with E-state index in [0.717, 1.165) is 7.11 Å². The summed E-state index contributed by atoms with van der Waals surface area (Å²) in [6.07, 6.45) is -11.6. The second-order valence-electron chi connectivity index (χ2n) is 9.02. The van der Waals surface area contributed by atoms with Crippen LogP contribution in [0, 0.1) is 0 Å². The molecule has 1 aliphatic rings. The Kier molecular flexibility index (Phi) is 8.53. The van der Waals surface area contributed by atoms with Crippen molar-refractivity contribution in [1.82, 2.24) is 0 Å². The number of benzene rings is 2. The third kappa shape index (κ3) is 5.49. The smallest absolute Gasteiger partial charge is 0.416 e. The molecule has 40 heavy (non-hydrogen) atoms. The van der Waals surface area contributed by atoms with E-state index in [4.69, 9.17) is 18.9 Å². The first-order chi connectivity index (χ1) is 18.5. The van der Waals surface area contributed by atoms with Gasteiger partial charge in [-0.25, -0.2) is 9.59 Å². The van der Waals surface area contributed by atoms with E-state index in [9.17, 15) is 41.0 Å². The van der Waals surface area contributed by atoms with Crippen molar-refractivity contribution >= 4 is 17.7 Å². The summed E-state index contributed by atoms with van der Waals surface area (Å²) in [5, 5.41) is 11.9. The zero-order valence-corrected chi connectivity index (χ0v) is 22.1. The molecule has 1 heterocycles. The molecular formula is C26H27F6NO7. The van der Waals surface area contributed by atoms with Crippen LogP contribution in [0.5, 0.6) is 11.5 Å². The topological polar surface area (TPSA) is 94.5 Å². The van der Waals surface area contributed by atoms with E-state index < -0.39 is 58.7 Å². The number of hydrogen-bond acceptors (Lipinski definition) is 7. The highest BCUT2D eigenvalue weighted by Crippen LogP contribution is 2.52. The quantitative estimate of drug-likeness (QED) is 0.350. The average Bonchev–Trinajstić information content (AvgIpc) is 2.89. The molecule has 220 valence electrons. The number of aliphatic hydroxyl groups is 1. The Morgan fingerprint density at radius 2 is 1.40 bits per heavy atom. The Bertz CT molecular complexity index is 1250. The van der Waals surface area contributed by atoms with E-state index in [1.165, 1.54) is 38.2 Å². The van der Waals surface area contributed by atoms with Gasteiger partial charge in [0.05, 0.1) is 44.8 Å². The molecule has 0 radical (unpaired) electrons. The third-order valence-electron chi connectivity index (χ3n) is 6.68. The molecule has 0 bridgehead atoms. The molecule has 0 saturated heterocycles. The minimum Gasteiger partial charge on any atom is -0.493 e. The van der Waals surface area contributed by atoms with Gasteiger partial charge >= 0.3 is 24.4 Å². The fraction of sp³-hybridized carbons (Fsp3) is 0.462. The number of carbonyl (C=O) groups excluding carboxylic acids is 2. The van der Waals surface area contributed by atoms with E-state index in [0.29, 0.717) is 0 Å². The zero-order valence-electron chi connectivity index (χ0n) is 22.1. The van der Waals surface area contributed by atoms with Crippen molar-refractivity contribution in [2.75, 3.05) is 32.8 Å². The Morgan fingerprint density at radius 3 is 1.85 bits per heavy atom. The normalized spacial score (nSPS) is 18.9. The second-order valence-corrected chi connectivity index (χ2v) is 9.02. The predicted octanol–water partition coefficient (Wildman–Crippen LogP) is 5.64. The molecule has 8 nitrogen and oxygen atoms in total. The molecule has 1 aliphatic heterocycles. The summed E-state index contributed by atoms with van der Waals surface area (Å²) in [5.74, 6) is -2.86.